The molecule has 1 aliphatic rings. The Bertz CT molecular complexity index is 273. The molecule has 0 aliphatic carbocycles. The summed E-state index contributed by atoms with van der Waals surface area (Å²) in [5.74, 6) is -0.907. The van der Waals surface area contributed by atoms with Gasteiger partial charge in [0, 0.05) is 13.2 Å². The van der Waals surface area contributed by atoms with Gasteiger partial charge in [-0.25, -0.2) is 0 Å². The van der Waals surface area contributed by atoms with E-state index in [1.165, 1.54) is 0 Å². The Hall–Kier alpha value is -0.680. The van der Waals surface area contributed by atoms with Crippen molar-refractivity contribution in [1.29, 1.82) is 0 Å². The first-order valence-electron chi connectivity index (χ1n) is 5.51. The van der Waals surface area contributed by atoms with Crippen molar-refractivity contribution in [2.24, 2.45) is 11.3 Å². The normalized spacial score (nSPS) is 21.1. The van der Waals surface area contributed by atoms with Crippen LogP contribution in [0.25, 0.3) is 0 Å². The highest BCUT2D eigenvalue weighted by Gasteiger charge is 2.47. The standard InChI is InChI=1S/C11H18O4S/c1-3-15-10(16)11(2,9(12)13)8-4-6-14-7-5-8/h8H,3-7H2,1-2H3,(H,12,13). The molecule has 1 unspecified atom stereocenters. The van der Waals surface area contributed by atoms with Gasteiger partial charge in [-0.1, -0.05) is 0 Å². The lowest BCUT2D eigenvalue weighted by molar-refractivity contribution is -0.149. The average Bonchev–Trinajstić information content (AvgIpc) is 2.29. The minimum atomic E-state index is -1.07. The number of carboxylic acid groups (broad SMARTS) is 1. The molecule has 0 radical (unpaired) electrons. The van der Waals surface area contributed by atoms with Crippen molar-refractivity contribution in [2.45, 2.75) is 26.7 Å². The zero-order valence-electron chi connectivity index (χ0n) is 9.69. The molecule has 1 heterocycles. The number of hydrogen-bond donors (Lipinski definition) is 1. The van der Waals surface area contributed by atoms with E-state index in [-0.39, 0.29) is 11.0 Å². The smallest absolute Gasteiger partial charge is 0.318 e. The second kappa shape index (κ2) is 5.59. The fourth-order valence-corrected chi connectivity index (χ4v) is 2.36. The van der Waals surface area contributed by atoms with E-state index in [2.05, 4.69) is 0 Å². The summed E-state index contributed by atoms with van der Waals surface area (Å²) in [5.41, 5.74) is -1.07. The number of hydrogen-bond acceptors (Lipinski definition) is 4. The minimum absolute atomic E-state index is 0.00204. The summed E-state index contributed by atoms with van der Waals surface area (Å²) >= 11 is 5.10. The maximum Gasteiger partial charge on any atom is 0.318 e. The van der Waals surface area contributed by atoms with E-state index in [1.54, 1.807) is 13.8 Å². The Labute approximate surface area is 101 Å². The van der Waals surface area contributed by atoms with Crippen LogP contribution >= 0.6 is 12.2 Å². The van der Waals surface area contributed by atoms with Gasteiger partial charge in [0.1, 0.15) is 5.41 Å². The highest BCUT2D eigenvalue weighted by molar-refractivity contribution is 7.80. The van der Waals surface area contributed by atoms with Gasteiger partial charge >= 0.3 is 5.97 Å². The highest BCUT2D eigenvalue weighted by atomic mass is 32.1. The van der Waals surface area contributed by atoms with Crippen molar-refractivity contribution < 1.29 is 19.4 Å². The first-order valence-corrected chi connectivity index (χ1v) is 5.92. The fraction of sp³-hybridized carbons (Fsp3) is 0.818. The molecule has 1 saturated heterocycles. The molecule has 0 aromatic carbocycles. The third kappa shape index (κ3) is 2.52. The summed E-state index contributed by atoms with van der Waals surface area (Å²) in [7, 11) is 0. The Morgan fingerprint density at radius 1 is 1.56 bits per heavy atom. The van der Waals surface area contributed by atoms with Crippen molar-refractivity contribution in [3.63, 3.8) is 0 Å². The molecule has 1 N–H and O–H groups in total. The number of carbonyl (C=O) groups is 1. The molecule has 0 bridgehead atoms. The largest absolute Gasteiger partial charge is 0.486 e. The van der Waals surface area contributed by atoms with Crippen molar-refractivity contribution in [3.8, 4) is 0 Å². The molecule has 0 saturated carbocycles. The molecule has 1 fully saturated rings. The Morgan fingerprint density at radius 3 is 2.56 bits per heavy atom. The van der Waals surface area contributed by atoms with Gasteiger partial charge in [-0.15, -0.1) is 0 Å². The van der Waals surface area contributed by atoms with Crippen LogP contribution in [-0.4, -0.2) is 35.9 Å². The van der Waals surface area contributed by atoms with E-state index in [1.807, 2.05) is 0 Å². The van der Waals surface area contributed by atoms with Gasteiger partial charge in [-0.3, -0.25) is 4.79 Å². The molecule has 5 heteroatoms. The van der Waals surface area contributed by atoms with Gasteiger partial charge in [0.25, 0.3) is 0 Å². The molecular formula is C11H18O4S. The van der Waals surface area contributed by atoms with Crippen molar-refractivity contribution in [3.05, 3.63) is 0 Å². The van der Waals surface area contributed by atoms with Crippen LogP contribution in [0.15, 0.2) is 0 Å². The lowest BCUT2D eigenvalue weighted by Crippen LogP contribution is -2.45. The first-order chi connectivity index (χ1) is 7.53. The molecule has 0 spiro atoms. The zero-order valence-corrected chi connectivity index (χ0v) is 10.5. The molecule has 0 aromatic rings. The number of carboxylic acids is 1. The van der Waals surface area contributed by atoms with E-state index in [4.69, 9.17) is 21.7 Å². The Kier molecular flexibility index (Phi) is 4.68. The first kappa shape index (κ1) is 13.4. The maximum absolute atomic E-state index is 11.4. The van der Waals surface area contributed by atoms with Crippen LogP contribution in [0.2, 0.25) is 0 Å². The van der Waals surface area contributed by atoms with E-state index >= 15 is 0 Å². The molecule has 1 rings (SSSR count). The van der Waals surface area contributed by atoms with Gasteiger partial charge in [0.05, 0.1) is 6.61 Å². The topological polar surface area (TPSA) is 55.8 Å². The Balaban J connectivity index is 2.85. The van der Waals surface area contributed by atoms with E-state index in [0.29, 0.717) is 19.8 Å². The highest BCUT2D eigenvalue weighted by Crippen LogP contribution is 2.37. The molecular weight excluding hydrogens is 228 g/mol. The summed E-state index contributed by atoms with van der Waals surface area (Å²) < 4.78 is 10.5. The molecule has 16 heavy (non-hydrogen) atoms. The van der Waals surface area contributed by atoms with Crippen LogP contribution < -0.4 is 0 Å². The Morgan fingerprint density at radius 2 is 2.12 bits per heavy atom. The van der Waals surface area contributed by atoms with Crippen LogP contribution in [0.4, 0.5) is 0 Å². The van der Waals surface area contributed by atoms with Crippen LogP contribution in [0.3, 0.4) is 0 Å². The number of rotatable bonds is 4. The molecule has 1 atom stereocenters. The summed E-state index contributed by atoms with van der Waals surface area (Å²) in [5, 5.41) is 9.56. The van der Waals surface area contributed by atoms with Crippen LogP contribution in [-0.2, 0) is 14.3 Å². The number of aliphatic carboxylic acids is 1. The molecule has 4 nitrogen and oxygen atoms in total. The van der Waals surface area contributed by atoms with Gasteiger partial charge in [0.15, 0.2) is 5.05 Å². The second-order valence-electron chi connectivity index (χ2n) is 4.11. The minimum Gasteiger partial charge on any atom is -0.486 e. The molecule has 0 amide bonds. The predicted molar refractivity (Wildman–Crippen MR) is 63.5 cm³/mol. The molecule has 1 aliphatic heterocycles. The third-order valence-corrected chi connectivity index (χ3v) is 3.72. The zero-order chi connectivity index (χ0) is 12.2. The van der Waals surface area contributed by atoms with E-state index < -0.39 is 11.4 Å². The summed E-state index contributed by atoms with van der Waals surface area (Å²) in [6.45, 7) is 5.07. The quantitative estimate of drug-likeness (QED) is 0.767. The molecule has 92 valence electrons. The van der Waals surface area contributed by atoms with Gasteiger partial charge in [-0.2, -0.15) is 0 Å². The van der Waals surface area contributed by atoms with Crippen molar-refractivity contribution in [2.75, 3.05) is 19.8 Å². The fourth-order valence-electron chi connectivity index (χ4n) is 1.98. The van der Waals surface area contributed by atoms with Crippen LogP contribution in [0, 0.1) is 11.3 Å². The summed E-state index contributed by atoms with van der Waals surface area (Å²) in [6.07, 6.45) is 1.44. The van der Waals surface area contributed by atoms with Crippen LogP contribution in [0.5, 0.6) is 0 Å². The van der Waals surface area contributed by atoms with Gasteiger partial charge in [-0.05, 0) is 44.8 Å². The lowest BCUT2D eigenvalue weighted by atomic mass is 9.73. The van der Waals surface area contributed by atoms with Gasteiger partial charge in [0.2, 0.25) is 0 Å². The summed E-state index contributed by atoms with van der Waals surface area (Å²) in [6, 6.07) is 0. The SMILES string of the molecule is CCOC(=S)C(C)(C(=O)O)C1CCOCC1. The monoisotopic (exact) mass is 246 g/mol. The van der Waals surface area contributed by atoms with Crippen molar-refractivity contribution >= 4 is 23.2 Å². The summed E-state index contributed by atoms with van der Waals surface area (Å²) in [4.78, 5) is 11.4. The number of ether oxygens (including phenoxy) is 2. The third-order valence-electron chi connectivity index (χ3n) is 3.18. The number of thiocarbonyl (C=S) groups is 1. The van der Waals surface area contributed by atoms with E-state index in [9.17, 15) is 9.90 Å². The molecule has 0 aromatic heterocycles. The predicted octanol–water partition coefficient (Wildman–Crippen LogP) is 1.87. The average molecular weight is 246 g/mol. The van der Waals surface area contributed by atoms with Crippen LogP contribution in [0.1, 0.15) is 26.7 Å². The van der Waals surface area contributed by atoms with Crippen molar-refractivity contribution in [1.82, 2.24) is 0 Å². The second-order valence-corrected chi connectivity index (χ2v) is 4.49. The lowest BCUT2D eigenvalue weighted by Gasteiger charge is -2.36. The van der Waals surface area contributed by atoms with E-state index in [0.717, 1.165) is 12.8 Å². The van der Waals surface area contributed by atoms with Gasteiger partial charge < -0.3 is 14.6 Å². The maximum atomic E-state index is 11.4.